The lowest BCUT2D eigenvalue weighted by Gasteiger charge is -2.11. The molecule has 0 unspecified atom stereocenters. The van der Waals surface area contributed by atoms with Gasteiger partial charge < -0.3 is 0 Å². The summed E-state index contributed by atoms with van der Waals surface area (Å²) in [7, 11) is -4.03. The van der Waals surface area contributed by atoms with Crippen molar-refractivity contribution in [2.75, 3.05) is 6.54 Å². The van der Waals surface area contributed by atoms with Crippen LogP contribution in [0.3, 0.4) is 0 Å². The topological polar surface area (TPSA) is 110 Å². The number of amidine groups is 1. The van der Waals surface area contributed by atoms with Gasteiger partial charge in [0.15, 0.2) is 5.17 Å². The molecule has 1 aliphatic heterocycles. The molecule has 150 valence electrons. The Labute approximate surface area is 176 Å². The normalized spacial score (nSPS) is 17.3. The Kier molecular flexibility index (Phi) is 6.06. The highest BCUT2D eigenvalue weighted by atomic mass is 35.5. The molecule has 0 spiro atoms. The van der Waals surface area contributed by atoms with Gasteiger partial charge in [-0.3, -0.25) is 19.8 Å². The highest BCUT2D eigenvalue weighted by Gasteiger charge is 2.34. The lowest BCUT2D eigenvalue weighted by atomic mass is 10.2. The predicted octanol–water partition coefficient (Wildman–Crippen LogP) is 3.93. The molecule has 0 N–H and O–H groups in total. The van der Waals surface area contributed by atoms with Crippen LogP contribution >= 0.6 is 23.4 Å². The van der Waals surface area contributed by atoms with Crippen LogP contribution in [-0.2, 0) is 14.8 Å². The Bertz CT molecular complexity index is 1130. The number of sulfonamides is 1. The third kappa shape index (κ3) is 4.66. The Hall–Kier alpha value is -2.69. The molecule has 0 radical (unpaired) electrons. The van der Waals surface area contributed by atoms with E-state index in [9.17, 15) is 23.3 Å². The van der Waals surface area contributed by atoms with Crippen molar-refractivity contribution in [2.24, 2.45) is 4.40 Å². The van der Waals surface area contributed by atoms with E-state index >= 15 is 0 Å². The van der Waals surface area contributed by atoms with Crippen LogP contribution in [0.2, 0.25) is 5.02 Å². The molecule has 0 atom stereocenters. The Morgan fingerprint density at radius 3 is 2.34 bits per heavy atom. The van der Waals surface area contributed by atoms with Crippen LogP contribution in [0, 0.1) is 10.1 Å². The molecule has 0 aromatic heterocycles. The number of likely N-dealkylation sites (N-methyl/N-ethyl adjacent to an activating group) is 1. The summed E-state index contributed by atoms with van der Waals surface area (Å²) < 4.78 is 29.0. The number of hydrogen-bond acceptors (Lipinski definition) is 6. The summed E-state index contributed by atoms with van der Waals surface area (Å²) in [5.74, 6) is -0.388. The number of nitro benzene ring substituents is 1. The summed E-state index contributed by atoms with van der Waals surface area (Å²) >= 11 is 6.72. The fourth-order valence-electron chi connectivity index (χ4n) is 2.46. The minimum Gasteiger partial charge on any atom is -0.286 e. The van der Waals surface area contributed by atoms with Gasteiger partial charge in [0.1, 0.15) is 0 Å². The highest BCUT2D eigenvalue weighted by Crippen LogP contribution is 2.33. The lowest BCUT2D eigenvalue weighted by Crippen LogP contribution is -2.29. The van der Waals surface area contributed by atoms with E-state index in [2.05, 4.69) is 4.40 Å². The lowest BCUT2D eigenvalue weighted by molar-refractivity contribution is -0.384. The summed E-state index contributed by atoms with van der Waals surface area (Å²) in [6.45, 7) is 1.94. The molecular weight excluding hydrogens is 438 g/mol. The second kappa shape index (κ2) is 8.36. The van der Waals surface area contributed by atoms with Gasteiger partial charge in [-0.15, -0.1) is 4.40 Å². The van der Waals surface area contributed by atoms with Crippen molar-refractivity contribution in [3.8, 4) is 0 Å². The summed E-state index contributed by atoms with van der Waals surface area (Å²) in [6.07, 6.45) is 1.54. The summed E-state index contributed by atoms with van der Waals surface area (Å²) in [5, 5.41) is 11.2. The van der Waals surface area contributed by atoms with Gasteiger partial charge in [-0.05, 0) is 66.7 Å². The molecule has 1 amide bonds. The molecule has 1 fully saturated rings. The number of rotatable bonds is 5. The number of halogens is 1. The molecule has 0 aliphatic carbocycles. The van der Waals surface area contributed by atoms with Crippen LogP contribution in [0.5, 0.6) is 0 Å². The number of benzene rings is 2. The van der Waals surface area contributed by atoms with Crippen molar-refractivity contribution < 1.29 is 18.1 Å². The molecule has 8 nitrogen and oxygen atoms in total. The second-order valence-corrected chi connectivity index (χ2v) is 8.86. The third-order valence-electron chi connectivity index (χ3n) is 3.92. The minimum absolute atomic E-state index is 0.0358. The number of thioether (sulfide) groups is 1. The molecule has 0 saturated carbocycles. The van der Waals surface area contributed by atoms with Crippen LogP contribution in [0.1, 0.15) is 12.5 Å². The Morgan fingerprint density at radius 1 is 1.17 bits per heavy atom. The zero-order chi connectivity index (χ0) is 21.2. The Balaban J connectivity index is 1.93. The van der Waals surface area contributed by atoms with Gasteiger partial charge >= 0.3 is 0 Å². The fraction of sp³-hybridized carbons (Fsp3) is 0.111. The van der Waals surface area contributed by atoms with Crippen molar-refractivity contribution in [1.29, 1.82) is 0 Å². The van der Waals surface area contributed by atoms with Crippen molar-refractivity contribution >= 4 is 56.2 Å². The standard InChI is InChI=1S/C18H14ClN3O5S2/c1-2-21-17(23)16(11-12-3-7-14(8-4-12)22(24)25)28-18(21)20-29(26,27)15-9-5-13(19)6-10-15/h3-11H,2H2,1H3. The van der Waals surface area contributed by atoms with Gasteiger partial charge in [-0.2, -0.15) is 8.42 Å². The molecule has 1 heterocycles. The molecule has 11 heteroatoms. The zero-order valence-corrected chi connectivity index (χ0v) is 17.4. The van der Waals surface area contributed by atoms with Crippen LogP contribution in [-0.4, -0.2) is 35.9 Å². The average molecular weight is 452 g/mol. The van der Waals surface area contributed by atoms with E-state index in [1.54, 1.807) is 6.92 Å². The zero-order valence-electron chi connectivity index (χ0n) is 15.0. The molecule has 1 aliphatic rings. The van der Waals surface area contributed by atoms with Crippen molar-refractivity contribution in [3.05, 3.63) is 74.1 Å². The van der Waals surface area contributed by atoms with Gasteiger partial charge in [0, 0.05) is 23.7 Å². The van der Waals surface area contributed by atoms with E-state index in [4.69, 9.17) is 11.6 Å². The van der Waals surface area contributed by atoms with Crippen molar-refractivity contribution in [2.45, 2.75) is 11.8 Å². The van der Waals surface area contributed by atoms with E-state index in [0.717, 1.165) is 11.8 Å². The van der Waals surface area contributed by atoms with Gasteiger partial charge in [0.25, 0.3) is 21.6 Å². The largest absolute Gasteiger partial charge is 0.286 e. The minimum atomic E-state index is -4.03. The van der Waals surface area contributed by atoms with Gasteiger partial charge in [0.05, 0.1) is 14.7 Å². The first kappa shape index (κ1) is 21.0. The van der Waals surface area contributed by atoms with Gasteiger partial charge in [0.2, 0.25) is 0 Å². The quantitative estimate of drug-likeness (QED) is 0.387. The maximum atomic E-state index is 12.6. The van der Waals surface area contributed by atoms with Crippen LogP contribution in [0.25, 0.3) is 6.08 Å². The summed E-state index contributed by atoms with van der Waals surface area (Å²) in [4.78, 5) is 24.4. The average Bonchev–Trinajstić information content (AvgIpc) is 2.96. The molecule has 0 bridgehead atoms. The third-order valence-corrected chi connectivity index (χ3v) is 6.57. The van der Waals surface area contributed by atoms with Crippen LogP contribution in [0.15, 0.2) is 62.7 Å². The van der Waals surface area contributed by atoms with Crippen molar-refractivity contribution in [3.63, 3.8) is 0 Å². The van der Waals surface area contributed by atoms with E-state index in [1.807, 2.05) is 0 Å². The monoisotopic (exact) mass is 451 g/mol. The smallest absolute Gasteiger partial charge is 0.284 e. The first-order valence-corrected chi connectivity index (χ1v) is 10.9. The molecule has 1 saturated heterocycles. The summed E-state index contributed by atoms with van der Waals surface area (Å²) in [5.41, 5.74) is 0.508. The fourth-order valence-corrected chi connectivity index (χ4v) is 4.83. The maximum Gasteiger partial charge on any atom is 0.284 e. The Morgan fingerprint density at radius 2 is 1.79 bits per heavy atom. The second-order valence-electron chi connectivity index (χ2n) is 5.81. The SMILES string of the molecule is CCN1C(=O)C(=Cc2ccc([N+](=O)[O-])cc2)SC1=NS(=O)(=O)c1ccc(Cl)cc1. The van der Waals surface area contributed by atoms with Gasteiger partial charge in [-0.25, -0.2) is 0 Å². The summed E-state index contributed by atoms with van der Waals surface area (Å²) in [6, 6.07) is 11.2. The van der Waals surface area contributed by atoms with E-state index in [-0.39, 0.29) is 33.1 Å². The van der Waals surface area contributed by atoms with Crippen LogP contribution < -0.4 is 0 Å². The number of non-ortho nitro benzene ring substituents is 1. The number of carbonyl (C=O) groups is 1. The number of nitro groups is 1. The molecule has 29 heavy (non-hydrogen) atoms. The number of carbonyl (C=O) groups excluding carboxylic acids is 1. The van der Waals surface area contributed by atoms with Gasteiger partial charge in [-0.1, -0.05) is 11.6 Å². The number of hydrogen-bond donors (Lipinski definition) is 0. The van der Waals surface area contributed by atoms with E-state index < -0.39 is 14.9 Å². The number of amides is 1. The first-order valence-electron chi connectivity index (χ1n) is 8.27. The molecule has 2 aromatic carbocycles. The highest BCUT2D eigenvalue weighted by molar-refractivity contribution is 8.19. The number of nitrogens with zero attached hydrogens (tertiary/aromatic N) is 3. The first-order chi connectivity index (χ1) is 13.7. The van der Waals surface area contributed by atoms with E-state index in [1.165, 1.54) is 59.5 Å². The molecule has 3 rings (SSSR count). The van der Waals surface area contributed by atoms with Crippen LogP contribution in [0.4, 0.5) is 5.69 Å². The molecule has 2 aromatic rings. The maximum absolute atomic E-state index is 12.6. The molecular formula is C18H14ClN3O5S2. The van der Waals surface area contributed by atoms with Crippen molar-refractivity contribution in [1.82, 2.24) is 4.90 Å². The predicted molar refractivity (Wildman–Crippen MR) is 112 cm³/mol. The van der Waals surface area contributed by atoms with E-state index in [0.29, 0.717) is 10.6 Å².